The molecular formula is C16H14N2O3S. The number of furan rings is 1. The molecule has 0 bridgehead atoms. The number of nitrogens with zero attached hydrogens (tertiary/aromatic N) is 1. The van der Waals surface area contributed by atoms with Crippen LogP contribution in [0, 0.1) is 0 Å². The predicted molar refractivity (Wildman–Crippen MR) is 86.6 cm³/mol. The lowest BCUT2D eigenvalue weighted by molar-refractivity contribution is -0.115. The molecule has 2 aromatic rings. The number of thioether (sulfide) groups is 1. The Balaban J connectivity index is 1.70. The molecule has 1 aromatic heterocycles. The smallest absolute Gasteiger partial charge is 0.264 e. The standard InChI is InChI=1S/C16H14N2O3S/c1-20-12-6-4-11(5-7-12)9-14-15(19)18-16(22-14)17-10-13-3-2-8-21-13/h2-9H,10H2,1H3,(H,17,18,19). The largest absolute Gasteiger partial charge is 0.497 e. The molecule has 0 unspecified atom stereocenters. The van der Waals surface area contributed by atoms with Crippen LogP contribution in [0.1, 0.15) is 11.3 Å². The maximum absolute atomic E-state index is 11.9. The molecule has 1 N–H and O–H groups in total. The van der Waals surface area contributed by atoms with Crippen molar-refractivity contribution in [3.05, 3.63) is 58.9 Å². The zero-order chi connectivity index (χ0) is 15.4. The number of amides is 1. The molecule has 112 valence electrons. The number of hydrogen-bond acceptors (Lipinski definition) is 5. The highest BCUT2D eigenvalue weighted by Gasteiger charge is 2.23. The van der Waals surface area contributed by atoms with Gasteiger partial charge in [-0.1, -0.05) is 12.1 Å². The minimum atomic E-state index is -0.140. The second-order valence-corrected chi connectivity index (χ2v) is 5.57. The highest BCUT2D eigenvalue weighted by atomic mass is 32.2. The zero-order valence-electron chi connectivity index (χ0n) is 11.9. The summed E-state index contributed by atoms with van der Waals surface area (Å²) in [5.41, 5.74) is 0.936. The van der Waals surface area contributed by atoms with E-state index in [0.29, 0.717) is 16.6 Å². The highest BCUT2D eigenvalue weighted by molar-refractivity contribution is 8.18. The van der Waals surface area contributed by atoms with Crippen LogP contribution in [-0.2, 0) is 11.3 Å². The van der Waals surface area contributed by atoms with Gasteiger partial charge < -0.3 is 14.5 Å². The first kappa shape index (κ1) is 14.5. The van der Waals surface area contributed by atoms with Crippen molar-refractivity contribution in [3.63, 3.8) is 0 Å². The summed E-state index contributed by atoms with van der Waals surface area (Å²) in [4.78, 5) is 16.9. The van der Waals surface area contributed by atoms with Crippen LogP contribution in [0.2, 0.25) is 0 Å². The van der Waals surface area contributed by atoms with E-state index in [2.05, 4.69) is 10.3 Å². The molecule has 0 radical (unpaired) electrons. The maximum atomic E-state index is 11.9. The summed E-state index contributed by atoms with van der Waals surface area (Å²) in [7, 11) is 1.62. The molecule has 22 heavy (non-hydrogen) atoms. The van der Waals surface area contributed by atoms with Crippen molar-refractivity contribution in [1.82, 2.24) is 5.32 Å². The van der Waals surface area contributed by atoms with Gasteiger partial charge in [0.2, 0.25) is 0 Å². The summed E-state index contributed by atoms with van der Waals surface area (Å²) in [6.07, 6.45) is 3.43. The van der Waals surface area contributed by atoms with Crippen molar-refractivity contribution in [2.45, 2.75) is 6.54 Å². The molecule has 1 aromatic carbocycles. The van der Waals surface area contributed by atoms with Crippen molar-refractivity contribution in [1.29, 1.82) is 0 Å². The lowest BCUT2D eigenvalue weighted by Gasteiger charge is -1.99. The molecule has 1 amide bonds. The first-order valence-electron chi connectivity index (χ1n) is 6.66. The molecule has 2 heterocycles. The molecule has 6 heteroatoms. The third-order valence-electron chi connectivity index (χ3n) is 3.02. The van der Waals surface area contributed by atoms with Gasteiger partial charge in [-0.25, -0.2) is 0 Å². The summed E-state index contributed by atoms with van der Waals surface area (Å²) < 4.78 is 10.3. The lowest BCUT2D eigenvalue weighted by Crippen LogP contribution is -2.19. The first-order valence-corrected chi connectivity index (χ1v) is 7.48. The van der Waals surface area contributed by atoms with E-state index in [4.69, 9.17) is 9.15 Å². The molecule has 0 saturated carbocycles. The van der Waals surface area contributed by atoms with Crippen molar-refractivity contribution in [3.8, 4) is 5.75 Å². The van der Waals surface area contributed by atoms with Gasteiger partial charge in [-0.3, -0.25) is 9.79 Å². The Hall–Kier alpha value is -2.47. The van der Waals surface area contributed by atoms with Crippen LogP contribution >= 0.6 is 11.8 Å². The van der Waals surface area contributed by atoms with Gasteiger partial charge in [-0.05, 0) is 47.7 Å². The van der Waals surface area contributed by atoms with Gasteiger partial charge in [0.25, 0.3) is 5.91 Å². The normalized spacial score (nSPS) is 18.0. The van der Waals surface area contributed by atoms with Crippen molar-refractivity contribution >= 4 is 28.9 Å². The van der Waals surface area contributed by atoms with Crippen molar-refractivity contribution in [2.24, 2.45) is 4.99 Å². The summed E-state index contributed by atoms with van der Waals surface area (Å²) >= 11 is 1.32. The number of aliphatic imine (C=N–C) groups is 1. The van der Waals surface area contributed by atoms with Crippen LogP contribution < -0.4 is 10.1 Å². The Bertz CT molecular complexity index is 718. The number of carbonyl (C=O) groups excluding carboxylic acids is 1. The molecule has 0 atom stereocenters. The average molecular weight is 314 g/mol. The number of nitrogens with one attached hydrogen (secondary N) is 1. The molecule has 0 aliphatic carbocycles. The molecule has 5 nitrogen and oxygen atoms in total. The van der Waals surface area contributed by atoms with E-state index < -0.39 is 0 Å². The fraction of sp³-hybridized carbons (Fsp3) is 0.125. The van der Waals surface area contributed by atoms with Gasteiger partial charge in [-0.15, -0.1) is 0 Å². The number of ether oxygens (including phenoxy) is 1. The van der Waals surface area contributed by atoms with Crippen LogP contribution in [0.5, 0.6) is 5.75 Å². The molecular weight excluding hydrogens is 300 g/mol. The van der Waals surface area contributed by atoms with Crippen molar-refractivity contribution in [2.75, 3.05) is 7.11 Å². The SMILES string of the molecule is COc1ccc(C=C2SC(=NCc3ccco3)NC2=O)cc1. The maximum Gasteiger partial charge on any atom is 0.264 e. The Morgan fingerprint density at radius 3 is 2.82 bits per heavy atom. The predicted octanol–water partition coefficient (Wildman–Crippen LogP) is 3.05. The monoisotopic (exact) mass is 314 g/mol. The van der Waals surface area contributed by atoms with Crippen LogP contribution in [-0.4, -0.2) is 18.2 Å². The Kier molecular flexibility index (Phi) is 4.29. The summed E-state index contributed by atoms with van der Waals surface area (Å²) in [5.74, 6) is 1.40. The van der Waals surface area contributed by atoms with E-state index in [-0.39, 0.29) is 5.91 Å². The minimum Gasteiger partial charge on any atom is -0.497 e. The average Bonchev–Trinajstić information content (AvgIpc) is 3.16. The molecule has 1 aliphatic rings. The van der Waals surface area contributed by atoms with E-state index in [1.807, 2.05) is 42.5 Å². The Morgan fingerprint density at radius 2 is 2.14 bits per heavy atom. The van der Waals surface area contributed by atoms with Gasteiger partial charge >= 0.3 is 0 Å². The van der Waals surface area contributed by atoms with E-state index in [1.165, 1.54) is 11.8 Å². The van der Waals surface area contributed by atoms with Gasteiger partial charge in [0.15, 0.2) is 5.17 Å². The minimum absolute atomic E-state index is 0.140. The van der Waals surface area contributed by atoms with Gasteiger partial charge in [0.1, 0.15) is 11.5 Å². The summed E-state index contributed by atoms with van der Waals surface area (Å²) in [6, 6.07) is 11.2. The molecule has 1 aliphatic heterocycles. The Morgan fingerprint density at radius 1 is 1.32 bits per heavy atom. The summed E-state index contributed by atoms with van der Waals surface area (Å²) in [6.45, 7) is 0.408. The number of amidine groups is 1. The van der Waals surface area contributed by atoms with E-state index in [1.54, 1.807) is 13.4 Å². The quantitative estimate of drug-likeness (QED) is 0.881. The van der Waals surface area contributed by atoms with E-state index in [0.717, 1.165) is 17.1 Å². The van der Waals surface area contributed by atoms with Gasteiger partial charge in [0, 0.05) is 0 Å². The van der Waals surface area contributed by atoms with Crippen LogP contribution in [0.3, 0.4) is 0 Å². The molecule has 1 saturated heterocycles. The van der Waals surface area contributed by atoms with Gasteiger partial charge in [-0.2, -0.15) is 0 Å². The molecule has 1 fully saturated rings. The van der Waals surface area contributed by atoms with Crippen molar-refractivity contribution < 1.29 is 13.9 Å². The molecule has 3 rings (SSSR count). The topological polar surface area (TPSA) is 63.8 Å². The Labute approximate surface area is 132 Å². The molecule has 0 spiro atoms. The fourth-order valence-electron chi connectivity index (χ4n) is 1.91. The second kappa shape index (κ2) is 6.53. The van der Waals surface area contributed by atoms with E-state index in [9.17, 15) is 4.79 Å². The number of benzene rings is 1. The third kappa shape index (κ3) is 3.40. The fourth-order valence-corrected chi connectivity index (χ4v) is 2.73. The third-order valence-corrected chi connectivity index (χ3v) is 3.97. The number of carbonyl (C=O) groups is 1. The van der Waals surface area contributed by atoms with E-state index >= 15 is 0 Å². The number of rotatable bonds is 4. The summed E-state index contributed by atoms with van der Waals surface area (Å²) in [5, 5.41) is 3.33. The number of hydrogen-bond donors (Lipinski definition) is 1. The van der Waals surface area contributed by atoms with Crippen LogP contribution in [0.25, 0.3) is 6.08 Å². The first-order chi connectivity index (χ1) is 10.7. The lowest BCUT2D eigenvalue weighted by atomic mass is 10.2. The second-order valence-electron chi connectivity index (χ2n) is 4.54. The highest BCUT2D eigenvalue weighted by Crippen LogP contribution is 2.26. The van der Waals surface area contributed by atoms with Gasteiger partial charge in [0.05, 0.1) is 24.8 Å². The zero-order valence-corrected chi connectivity index (χ0v) is 12.7. The van der Waals surface area contributed by atoms with Crippen LogP contribution in [0.15, 0.2) is 57.0 Å². The number of methoxy groups -OCH3 is 1. The van der Waals surface area contributed by atoms with Crippen LogP contribution in [0.4, 0.5) is 0 Å².